The molecule has 0 radical (unpaired) electrons. The van der Waals surface area contributed by atoms with Crippen molar-refractivity contribution in [2.45, 2.75) is 17.7 Å². The molecule has 0 aromatic heterocycles. The number of rotatable bonds is 2. The molecule has 0 aliphatic carbocycles. The van der Waals surface area contributed by atoms with Gasteiger partial charge in [0.15, 0.2) is 5.17 Å². The highest BCUT2D eigenvalue weighted by atomic mass is 32.2. The summed E-state index contributed by atoms with van der Waals surface area (Å²) in [6.07, 6.45) is 4.06. The molecule has 1 fully saturated rings. The van der Waals surface area contributed by atoms with E-state index in [1.807, 2.05) is 11.2 Å². The molecule has 0 spiro atoms. The first kappa shape index (κ1) is 13.4. The van der Waals surface area contributed by atoms with Crippen LogP contribution in [0.15, 0.2) is 39.6 Å². The molecular formula is C12H16N2O2S2. The number of hydrogen-bond acceptors (Lipinski definition) is 3. The maximum absolute atomic E-state index is 12.1. The molecule has 18 heavy (non-hydrogen) atoms. The number of amidine groups is 1. The first-order valence-electron chi connectivity index (χ1n) is 5.82. The number of likely N-dealkylation sites (tertiary alicyclic amines) is 1. The van der Waals surface area contributed by atoms with Crippen molar-refractivity contribution < 1.29 is 8.42 Å². The Hall–Kier alpha value is -1.01. The zero-order valence-electron chi connectivity index (χ0n) is 10.2. The van der Waals surface area contributed by atoms with E-state index in [1.165, 1.54) is 11.8 Å². The molecule has 1 aromatic carbocycles. The third-order valence-electron chi connectivity index (χ3n) is 2.80. The molecule has 1 heterocycles. The van der Waals surface area contributed by atoms with E-state index in [0.717, 1.165) is 25.9 Å². The van der Waals surface area contributed by atoms with E-state index in [2.05, 4.69) is 4.40 Å². The van der Waals surface area contributed by atoms with Gasteiger partial charge in [-0.25, -0.2) is 0 Å². The first-order valence-corrected chi connectivity index (χ1v) is 8.49. The summed E-state index contributed by atoms with van der Waals surface area (Å²) in [5.74, 6) is 0. The molecule has 0 N–H and O–H groups in total. The average molecular weight is 284 g/mol. The van der Waals surface area contributed by atoms with Gasteiger partial charge >= 0.3 is 0 Å². The molecule has 0 atom stereocenters. The summed E-state index contributed by atoms with van der Waals surface area (Å²) < 4.78 is 28.2. The minimum Gasteiger partial charge on any atom is -0.351 e. The van der Waals surface area contributed by atoms with Gasteiger partial charge in [-0.05, 0) is 31.2 Å². The summed E-state index contributed by atoms with van der Waals surface area (Å²) in [6.45, 7) is 1.79. The lowest BCUT2D eigenvalue weighted by Gasteiger charge is -2.17. The van der Waals surface area contributed by atoms with Gasteiger partial charge in [-0.15, -0.1) is 4.40 Å². The topological polar surface area (TPSA) is 49.7 Å². The third kappa shape index (κ3) is 3.05. The molecule has 0 amide bonds. The van der Waals surface area contributed by atoms with Gasteiger partial charge in [-0.3, -0.25) is 0 Å². The summed E-state index contributed by atoms with van der Waals surface area (Å²) >= 11 is 1.39. The van der Waals surface area contributed by atoms with Gasteiger partial charge in [-0.2, -0.15) is 8.42 Å². The number of benzene rings is 1. The van der Waals surface area contributed by atoms with Gasteiger partial charge in [0.05, 0.1) is 4.90 Å². The molecule has 2 rings (SSSR count). The highest BCUT2D eigenvalue weighted by Gasteiger charge is 2.20. The van der Waals surface area contributed by atoms with Crippen LogP contribution in [0.5, 0.6) is 0 Å². The Bertz CT molecular complexity index is 520. The van der Waals surface area contributed by atoms with Crippen LogP contribution in [0.1, 0.15) is 12.8 Å². The number of hydrogen-bond donors (Lipinski definition) is 0. The van der Waals surface area contributed by atoms with E-state index in [4.69, 9.17) is 0 Å². The van der Waals surface area contributed by atoms with Crippen LogP contribution in [0.4, 0.5) is 0 Å². The van der Waals surface area contributed by atoms with Crippen molar-refractivity contribution in [3.05, 3.63) is 30.3 Å². The van der Waals surface area contributed by atoms with Crippen LogP contribution >= 0.6 is 11.8 Å². The Balaban J connectivity index is 2.29. The molecule has 1 saturated heterocycles. The van der Waals surface area contributed by atoms with Gasteiger partial charge in [0.2, 0.25) is 0 Å². The Kier molecular flexibility index (Phi) is 4.29. The SMILES string of the molecule is CSC(=NS(=O)(=O)c1ccccc1)N1CCCC1. The third-order valence-corrected chi connectivity index (χ3v) is 4.91. The lowest BCUT2D eigenvalue weighted by atomic mass is 10.4. The molecule has 1 aromatic rings. The second-order valence-corrected chi connectivity index (χ2v) is 6.44. The van der Waals surface area contributed by atoms with E-state index >= 15 is 0 Å². The Morgan fingerprint density at radius 1 is 1.22 bits per heavy atom. The van der Waals surface area contributed by atoms with Crippen molar-refractivity contribution in [3.63, 3.8) is 0 Å². The molecule has 4 nitrogen and oxygen atoms in total. The fraction of sp³-hybridized carbons (Fsp3) is 0.417. The Morgan fingerprint density at radius 3 is 2.39 bits per heavy atom. The van der Waals surface area contributed by atoms with Crippen LogP contribution in [0.3, 0.4) is 0 Å². The molecule has 6 heteroatoms. The van der Waals surface area contributed by atoms with E-state index in [-0.39, 0.29) is 4.90 Å². The quantitative estimate of drug-likeness (QED) is 0.617. The van der Waals surface area contributed by atoms with Crippen LogP contribution in [0, 0.1) is 0 Å². The summed E-state index contributed by atoms with van der Waals surface area (Å²) in [4.78, 5) is 2.28. The van der Waals surface area contributed by atoms with Gasteiger partial charge < -0.3 is 4.90 Å². The number of sulfonamides is 1. The van der Waals surface area contributed by atoms with E-state index in [0.29, 0.717) is 5.17 Å². The van der Waals surface area contributed by atoms with Crippen molar-refractivity contribution in [1.82, 2.24) is 4.90 Å². The molecule has 1 aliphatic rings. The summed E-state index contributed by atoms with van der Waals surface area (Å²) in [5.41, 5.74) is 0. The van der Waals surface area contributed by atoms with Gasteiger partial charge in [0.1, 0.15) is 0 Å². The maximum atomic E-state index is 12.1. The van der Waals surface area contributed by atoms with E-state index < -0.39 is 10.0 Å². The predicted octanol–water partition coefficient (Wildman–Crippen LogP) is 2.19. The highest BCUT2D eigenvalue weighted by molar-refractivity contribution is 8.13. The zero-order chi connectivity index (χ0) is 13.0. The lowest BCUT2D eigenvalue weighted by molar-refractivity contribution is 0.529. The Labute approximate surface area is 112 Å². The first-order chi connectivity index (χ1) is 8.63. The summed E-state index contributed by atoms with van der Waals surface area (Å²) in [6, 6.07) is 8.34. The fourth-order valence-corrected chi connectivity index (χ4v) is 3.84. The Morgan fingerprint density at radius 2 is 1.83 bits per heavy atom. The number of thioether (sulfide) groups is 1. The average Bonchev–Trinajstić information content (AvgIpc) is 2.91. The summed E-state index contributed by atoms with van der Waals surface area (Å²) in [5, 5.41) is 0.594. The standard InChI is InChI=1S/C12H16N2O2S2/c1-17-12(14-9-5-6-10-14)13-18(15,16)11-7-3-2-4-8-11/h2-4,7-8H,5-6,9-10H2,1H3. The molecule has 0 saturated carbocycles. The van der Waals surface area contributed by atoms with Crippen molar-refractivity contribution in [3.8, 4) is 0 Å². The smallest absolute Gasteiger partial charge is 0.284 e. The molecule has 1 aliphatic heterocycles. The van der Waals surface area contributed by atoms with E-state index in [1.54, 1.807) is 30.3 Å². The van der Waals surface area contributed by atoms with Crippen LogP contribution in [0.2, 0.25) is 0 Å². The summed E-state index contributed by atoms with van der Waals surface area (Å²) in [7, 11) is -3.58. The minimum absolute atomic E-state index is 0.246. The minimum atomic E-state index is -3.58. The van der Waals surface area contributed by atoms with Gasteiger partial charge in [0.25, 0.3) is 10.0 Å². The maximum Gasteiger partial charge on any atom is 0.284 e. The predicted molar refractivity (Wildman–Crippen MR) is 75.4 cm³/mol. The fourth-order valence-electron chi connectivity index (χ4n) is 1.88. The number of nitrogens with zero attached hydrogens (tertiary/aromatic N) is 2. The molecule has 0 unspecified atom stereocenters. The van der Waals surface area contributed by atoms with Crippen molar-refractivity contribution in [2.24, 2.45) is 4.40 Å². The molecule has 0 bridgehead atoms. The van der Waals surface area contributed by atoms with Crippen molar-refractivity contribution >= 4 is 27.0 Å². The van der Waals surface area contributed by atoms with Crippen LogP contribution in [-0.2, 0) is 10.0 Å². The van der Waals surface area contributed by atoms with Gasteiger partial charge in [0, 0.05) is 13.1 Å². The lowest BCUT2D eigenvalue weighted by Crippen LogP contribution is -2.26. The van der Waals surface area contributed by atoms with Gasteiger partial charge in [-0.1, -0.05) is 30.0 Å². The zero-order valence-corrected chi connectivity index (χ0v) is 11.9. The molecular weight excluding hydrogens is 268 g/mol. The largest absolute Gasteiger partial charge is 0.351 e. The van der Waals surface area contributed by atoms with Crippen molar-refractivity contribution in [1.29, 1.82) is 0 Å². The second-order valence-electron chi connectivity index (χ2n) is 4.06. The highest BCUT2D eigenvalue weighted by Crippen LogP contribution is 2.18. The monoisotopic (exact) mass is 284 g/mol. The second kappa shape index (κ2) is 5.75. The van der Waals surface area contributed by atoms with Crippen LogP contribution in [0.25, 0.3) is 0 Å². The normalized spacial score (nSPS) is 17.2. The van der Waals surface area contributed by atoms with Crippen molar-refractivity contribution in [2.75, 3.05) is 19.3 Å². The van der Waals surface area contributed by atoms with Crippen LogP contribution in [-0.4, -0.2) is 37.8 Å². The van der Waals surface area contributed by atoms with E-state index in [9.17, 15) is 8.42 Å². The molecule has 98 valence electrons. The van der Waals surface area contributed by atoms with Crippen LogP contribution < -0.4 is 0 Å².